The number of hydrogen-bond donors (Lipinski definition) is 2. The Balaban J connectivity index is 1.51. The first-order valence-corrected chi connectivity index (χ1v) is 11.3. The monoisotopic (exact) mass is 481 g/mol. The van der Waals surface area contributed by atoms with E-state index in [1.807, 2.05) is 60.7 Å². The standard InChI is InChI=1S/C24H18F3N5OS/c25-24(26,27)17-13-7-8-14-18(17)28-22(33)20-19(15-9-3-1-4-10-15)31-32-21(29-30-23(32)34-20)16-11-5-2-6-12-16/h1-14,19-20,31H,(H,28,33). The first kappa shape index (κ1) is 22.0. The number of hydrogen-bond acceptors (Lipinski definition) is 5. The highest BCUT2D eigenvalue weighted by Gasteiger charge is 2.39. The number of halogens is 3. The molecule has 2 N–H and O–H groups in total. The van der Waals surface area contributed by atoms with Gasteiger partial charge in [-0.05, 0) is 17.7 Å². The van der Waals surface area contributed by atoms with E-state index in [2.05, 4.69) is 20.9 Å². The Kier molecular flexibility index (Phi) is 5.74. The molecular weight excluding hydrogens is 463 g/mol. The highest BCUT2D eigenvalue weighted by Crippen LogP contribution is 2.40. The van der Waals surface area contributed by atoms with Gasteiger partial charge < -0.3 is 10.7 Å². The average molecular weight is 482 g/mol. The Morgan fingerprint density at radius 3 is 2.26 bits per heavy atom. The van der Waals surface area contributed by atoms with Gasteiger partial charge in [-0.25, -0.2) is 4.68 Å². The third-order valence-electron chi connectivity index (χ3n) is 5.38. The van der Waals surface area contributed by atoms with Gasteiger partial charge in [0, 0.05) is 5.56 Å². The van der Waals surface area contributed by atoms with Crippen molar-refractivity contribution in [1.29, 1.82) is 0 Å². The third kappa shape index (κ3) is 4.24. The normalized spacial score (nSPS) is 17.5. The van der Waals surface area contributed by atoms with Crippen molar-refractivity contribution in [3.8, 4) is 11.4 Å². The molecule has 0 fully saturated rings. The van der Waals surface area contributed by atoms with Crippen molar-refractivity contribution >= 4 is 23.4 Å². The molecule has 0 aliphatic carbocycles. The van der Waals surface area contributed by atoms with Crippen molar-refractivity contribution in [3.63, 3.8) is 0 Å². The number of rotatable bonds is 4. The summed E-state index contributed by atoms with van der Waals surface area (Å²) in [4.78, 5) is 13.3. The first-order chi connectivity index (χ1) is 16.4. The lowest BCUT2D eigenvalue weighted by molar-refractivity contribution is -0.137. The molecule has 3 aromatic carbocycles. The summed E-state index contributed by atoms with van der Waals surface area (Å²) in [7, 11) is 0. The fourth-order valence-electron chi connectivity index (χ4n) is 3.78. The van der Waals surface area contributed by atoms with Gasteiger partial charge in [-0.2, -0.15) is 13.2 Å². The molecule has 0 bridgehead atoms. The molecule has 6 nitrogen and oxygen atoms in total. The molecule has 1 aromatic heterocycles. The minimum Gasteiger partial charge on any atom is -0.324 e. The maximum absolute atomic E-state index is 13.5. The molecule has 1 aliphatic rings. The highest BCUT2D eigenvalue weighted by atomic mass is 32.2. The summed E-state index contributed by atoms with van der Waals surface area (Å²) in [5.74, 6) is 0.00358. The lowest BCUT2D eigenvalue weighted by Gasteiger charge is -2.33. The van der Waals surface area contributed by atoms with E-state index in [0.29, 0.717) is 11.0 Å². The molecule has 5 rings (SSSR count). The molecule has 0 saturated carbocycles. The summed E-state index contributed by atoms with van der Waals surface area (Å²) in [5, 5.41) is 10.6. The predicted octanol–water partition coefficient (Wildman–Crippen LogP) is 5.36. The van der Waals surface area contributed by atoms with Crippen molar-refractivity contribution in [2.75, 3.05) is 10.7 Å². The van der Waals surface area contributed by atoms with Crippen LogP contribution in [0.1, 0.15) is 17.2 Å². The van der Waals surface area contributed by atoms with Gasteiger partial charge in [0.15, 0.2) is 5.82 Å². The van der Waals surface area contributed by atoms with Gasteiger partial charge in [-0.1, -0.05) is 84.6 Å². The van der Waals surface area contributed by atoms with Gasteiger partial charge >= 0.3 is 6.18 Å². The first-order valence-electron chi connectivity index (χ1n) is 10.4. The number of aromatic nitrogens is 3. The summed E-state index contributed by atoms with van der Waals surface area (Å²) in [5.41, 5.74) is 3.76. The van der Waals surface area contributed by atoms with Crippen LogP contribution in [0.15, 0.2) is 90.1 Å². The van der Waals surface area contributed by atoms with Gasteiger partial charge in [0.1, 0.15) is 5.25 Å². The predicted molar refractivity (Wildman–Crippen MR) is 124 cm³/mol. The topological polar surface area (TPSA) is 71.8 Å². The molecule has 1 aliphatic heterocycles. The fraction of sp³-hybridized carbons (Fsp3) is 0.125. The number of amides is 1. The summed E-state index contributed by atoms with van der Waals surface area (Å²) >= 11 is 1.15. The number of fused-ring (bicyclic) bond motifs is 1. The molecule has 0 radical (unpaired) electrons. The maximum Gasteiger partial charge on any atom is 0.418 e. The molecule has 0 spiro atoms. The van der Waals surface area contributed by atoms with E-state index >= 15 is 0 Å². The van der Waals surface area contributed by atoms with Crippen LogP contribution in [0, 0.1) is 0 Å². The smallest absolute Gasteiger partial charge is 0.324 e. The zero-order valence-electron chi connectivity index (χ0n) is 17.5. The Morgan fingerprint density at radius 1 is 0.912 bits per heavy atom. The fourth-order valence-corrected chi connectivity index (χ4v) is 4.86. The molecule has 34 heavy (non-hydrogen) atoms. The van der Waals surface area contributed by atoms with E-state index in [1.165, 1.54) is 18.2 Å². The van der Waals surface area contributed by atoms with Crippen LogP contribution < -0.4 is 10.7 Å². The molecule has 4 aromatic rings. The van der Waals surface area contributed by atoms with Gasteiger partial charge in [0.05, 0.1) is 17.3 Å². The van der Waals surface area contributed by atoms with Crippen LogP contribution in [0.2, 0.25) is 0 Å². The molecule has 0 saturated heterocycles. The second-order valence-electron chi connectivity index (χ2n) is 7.60. The van der Waals surface area contributed by atoms with Crippen LogP contribution in [0.3, 0.4) is 0 Å². The summed E-state index contributed by atoms with van der Waals surface area (Å²) < 4.78 is 42.1. The SMILES string of the molecule is O=C(Nc1ccccc1C(F)(F)F)C1Sc2nnc(-c3ccccc3)n2NC1c1ccccc1. The summed E-state index contributed by atoms with van der Waals surface area (Å²) in [6.07, 6.45) is -4.59. The minimum atomic E-state index is -4.59. The molecule has 2 heterocycles. The van der Waals surface area contributed by atoms with E-state index in [-0.39, 0.29) is 5.69 Å². The van der Waals surface area contributed by atoms with E-state index < -0.39 is 28.9 Å². The zero-order chi connectivity index (χ0) is 23.7. The number of nitrogens with one attached hydrogen (secondary N) is 2. The number of nitrogens with zero attached hydrogens (tertiary/aromatic N) is 3. The second-order valence-corrected chi connectivity index (χ2v) is 8.70. The number of anilines is 1. The Labute approximate surface area is 197 Å². The van der Waals surface area contributed by atoms with Gasteiger partial charge in [-0.15, -0.1) is 10.2 Å². The molecular formula is C24H18F3N5OS. The van der Waals surface area contributed by atoms with Crippen LogP contribution in [-0.4, -0.2) is 26.0 Å². The highest BCUT2D eigenvalue weighted by molar-refractivity contribution is 8.00. The number of alkyl halides is 3. The van der Waals surface area contributed by atoms with E-state index in [4.69, 9.17) is 0 Å². The number of benzene rings is 3. The van der Waals surface area contributed by atoms with Crippen LogP contribution >= 0.6 is 11.8 Å². The lowest BCUT2D eigenvalue weighted by Crippen LogP contribution is -2.41. The van der Waals surface area contributed by atoms with E-state index in [0.717, 1.165) is 29.0 Å². The lowest BCUT2D eigenvalue weighted by atomic mass is 10.0. The number of carbonyl (C=O) groups is 1. The molecule has 10 heteroatoms. The zero-order valence-corrected chi connectivity index (χ0v) is 18.3. The summed E-state index contributed by atoms with van der Waals surface area (Å²) in [6.45, 7) is 0. The average Bonchev–Trinajstić information content (AvgIpc) is 3.27. The Hall–Kier alpha value is -3.79. The molecule has 1 amide bonds. The van der Waals surface area contributed by atoms with Crippen molar-refractivity contribution in [2.45, 2.75) is 22.6 Å². The van der Waals surface area contributed by atoms with E-state index in [9.17, 15) is 18.0 Å². The molecule has 2 unspecified atom stereocenters. The minimum absolute atomic E-state index is 0.288. The van der Waals surface area contributed by atoms with Crippen molar-refractivity contribution in [3.05, 3.63) is 96.1 Å². The molecule has 2 atom stereocenters. The Morgan fingerprint density at radius 2 is 1.56 bits per heavy atom. The van der Waals surface area contributed by atoms with Crippen LogP contribution in [-0.2, 0) is 11.0 Å². The summed E-state index contributed by atoms with van der Waals surface area (Å²) in [6, 6.07) is 23.1. The van der Waals surface area contributed by atoms with Crippen LogP contribution in [0.5, 0.6) is 0 Å². The van der Waals surface area contributed by atoms with Gasteiger partial charge in [-0.3, -0.25) is 4.79 Å². The van der Waals surface area contributed by atoms with Gasteiger partial charge in [0.2, 0.25) is 11.1 Å². The van der Waals surface area contributed by atoms with Crippen LogP contribution in [0.4, 0.5) is 18.9 Å². The van der Waals surface area contributed by atoms with Gasteiger partial charge in [0.25, 0.3) is 0 Å². The second kappa shape index (κ2) is 8.86. The number of thioether (sulfide) groups is 1. The molecule has 172 valence electrons. The van der Waals surface area contributed by atoms with Crippen molar-refractivity contribution in [2.24, 2.45) is 0 Å². The Bertz CT molecular complexity index is 1310. The van der Waals surface area contributed by atoms with Crippen molar-refractivity contribution in [1.82, 2.24) is 14.9 Å². The number of carbonyl (C=O) groups excluding carboxylic acids is 1. The maximum atomic E-state index is 13.5. The van der Waals surface area contributed by atoms with E-state index in [1.54, 1.807) is 4.68 Å². The number of para-hydroxylation sites is 1. The quantitative estimate of drug-likeness (QED) is 0.411. The third-order valence-corrected chi connectivity index (χ3v) is 6.59. The van der Waals surface area contributed by atoms with Crippen LogP contribution in [0.25, 0.3) is 11.4 Å². The van der Waals surface area contributed by atoms with Crippen molar-refractivity contribution < 1.29 is 18.0 Å². The largest absolute Gasteiger partial charge is 0.418 e.